The molecule has 0 atom stereocenters. The SMILES string of the molecule is O=C(Nc1ccc(N2CCCC2)c(C(=O)N2CCCCC2)c1)C(c1ccccc1)c1ccccc1. The highest BCUT2D eigenvalue weighted by molar-refractivity contribution is 6.03. The van der Waals surface area contributed by atoms with Crippen LogP contribution in [0.15, 0.2) is 78.9 Å². The van der Waals surface area contributed by atoms with Gasteiger partial charge in [0.1, 0.15) is 0 Å². The highest BCUT2D eigenvalue weighted by Gasteiger charge is 2.27. The highest BCUT2D eigenvalue weighted by Crippen LogP contribution is 2.31. The fourth-order valence-electron chi connectivity index (χ4n) is 5.29. The van der Waals surface area contributed by atoms with Gasteiger partial charge in [-0.3, -0.25) is 9.59 Å². The first-order valence-corrected chi connectivity index (χ1v) is 12.8. The molecule has 0 aliphatic carbocycles. The molecular weight excluding hydrogens is 434 g/mol. The molecule has 2 aliphatic heterocycles. The lowest BCUT2D eigenvalue weighted by Crippen LogP contribution is -2.36. The van der Waals surface area contributed by atoms with Gasteiger partial charge < -0.3 is 15.1 Å². The minimum absolute atomic E-state index is 0.0744. The smallest absolute Gasteiger partial charge is 0.256 e. The van der Waals surface area contributed by atoms with E-state index in [1.807, 2.05) is 83.8 Å². The molecule has 5 rings (SSSR count). The average Bonchev–Trinajstić information content (AvgIpc) is 3.45. The Kier molecular flexibility index (Phi) is 7.12. The first-order valence-electron chi connectivity index (χ1n) is 12.8. The van der Waals surface area contributed by atoms with Gasteiger partial charge in [-0.25, -0.2) is 0 Å². The minimum atomic E-state index is -0.433. The van der Waals surface area contributed by atoms with E-state index >= 15 is 0 Å². The zero-order valence-corrected chi connectivity index (χ0v) is 20.2. The molecule has 35 heavy (non-hydrogen) atoms. The topological polar surface area (TPSA) is 52.7 Å². The fraction of sp³-hybridized carbons (Fsp3) is 0.333. The van der Waals surface area contributed by atoms with E-state index in [4.69, 9.17) is 0 Å². The van der Waals surface area contributed by atoms with Crippen LogP contribution in [0.25, 0.3) is 0 Å². The van der Waals surface area contributed by atoms with Crippen LogP contribution in [0, 0.1) is 0 Å². The molecule has 3 aromatic carbocycles. The van der Waals surface area contributed by atoms with Crippen LogP contribution in [-0.4, -0.2) is 42.9 Å². The van der Waals surface area contributed by atoms with Gasteiger partial charge in [-0.05, 0) is 61.4 Å². The van der Waals surface area contributed by atoms with Gasteiger partial charge in [-0.1, -0.05) is 60.7 Å². The zero-order chi connectivity index (χ0) is 24.0. The lowest BCUT2D eigenvalue weighted by molar-refractivity contribution is -0.116. The number of piperidine rings is 1. The maximum absolute atomic E-state index is 13.6. The van der Waals surface area contributed by atoms with Gasteiger partial charge in [-0.2, -0.15) is 0 Å². The lowest BCUT2D eigenvalue weighted by Gasteiger charge is -2.29. The molecule has 2 amide bonds. The van der Waals surface area contributed by atoms with Crippen LogP contribution in [0.3, 0.4) is 0 Å². The van der Waals surface area contributed by atoms with Gasteiger partial charge in [0.2, 0.25) is 5.91 Å². The van der Waals surface area contributed by atoms with E-state index < -0.39 is 5.92 Å². The van der Waals surface area contributed by atoms with Crippen molar-refractivity contribution in [2.75, 3.05) is 36.4 Å². The first-order chi connectivity index (χ1) is 17.2. The second kappa shape index (κ2) is 10.8. The highest BCUT2D eigenvalue weighted by atomic mass is 16.2. The number of nitrogens with zero attached hydrogens (tertiary/aromatic N) is 2. The first kappa shape index (κ1) is 23.2. The number of nitrogens with one attached hydrogen (secondary N) is 1. The van der Waals surface area contributed by atoms with Gasteiger partial charge in [-0.15, -0.1) is 0 Å². The monoisotopic (exact) mass is 467 g/mol. The molecular formula is C30H33N3O2. The largest absolute Gasteiger partial charge is 0.371 e. The van der Waals surface area contributed by atoms with Gasteiger partial charge >= 0.3 is 0 Å². The molecule has 180 valence electrons. The molecule has 2 fully saturated rings. The van der Waals surface area contributed by atoms with E-state index in [0.717, 1.165) is 68.7 Å². The minimum Gasteiger partial charge on any atom is -0.371 e. The van der Waals surface area contributed by atoms with Crippen molar-refractivity contribution in [2.24, 2.45) is 0 Å². The maximum Gasteiger partial charge on any atom is 0.256 e. The number of carbonyl (C=O) groups is 2. The Morgan fingerprint density at radius 1 is 0.686 bits per heavy atom. The van der Waals surface area contributed by atoms with E-state index in [9.17, 15) is 9.59 Å². The molecule has 1 N–H and O–H groups in total. The van der Waals surface area contributed by atoms with Crippen molar-refractivity contribution in [1.29, 1.82) is 0 Å². The van der Waals surface area contributed by atoms with Gasteiger partial charge in [0, 0.05) is 37.6 Å². The van der Waals surface area contributed by atoms with E-state index in [1.165, 1.54) is 6.42 Å². The van der Waals surface area contributed by atoms with Crippen molar-refractivity contribution in [3.8, 4) is 0 Å². The summed E-state index contributed by atoms with van der Waals surface area (Å²) in [5.74, 6) is -0.463. The Morgan fingerprint density at radius 3 is 1.86 bits per heavy atom. The number of benzene rings is 3. The summed E-state index contributed by atoms with van der Waals surface area (Å²) in [5, 5.41) is 3.13. The molecule has 0 saturated carbocycles. The summed E-state index contributed by atoms with van der Waals surface area (Å²) in [6.07, 6.45) is 5.57. The summed E-state index contributed by atoms with van der Waals surface area (Å²) in [5.41, 5.74) is 4.22. The molecule has 2 heterocycles. The number of carbonyl (C=O) groups excluding carboxylic acids is 2. The van der Waals surface area contributed by atoms with Gasteiger partial charge in [0.15, 0.2) is 0 Å². The Morgan fingerprint density at radius 2 is 1.26 bits per heavy atom. The second-order valence-corrected chi connectivity index (χ2v) is 9.52. The van der Waals surface area contributed by atoms with Crippen LogP contribution in [0.4, 0.5) is 11.4 Å². The summed E-state index contributed by atoms with van der Waals surface area (Å²) >= 11 is 0. The molecule has 0 spiro atoms. The Bertz CT molecular complexity index is 1110. The summed E-state index contributed by atoms with van der Waals surface area (Å²) in [6.45, 7) is 3.55. The summed E-state index contributed by atoms with van der Waals surface area (Å²) in [4.78, 5) is 31.5. The third kappa shape index (κ3) is 5.24. The fourth-order valence-corrected chi connectivity index (χ4v) is 5.29. The van der Waals surface area contributed by atoms with Crippen molar-refractivity contribution >= 4 is 23.2 Å². The molecule has 5 heteroatoms. The zero-order valence-electron chi connectivity index (χ0n) is 20.2. The third-order valence-corrected chi connectivity index (χ3v) is 7.11. The van der Waals surface area contributed by atoms with E-state index in [0.29, 0.717) is 11.3 Å². The van der Waals surface area contributed by atoms with Crippen LogP contribution in [-0.2, 0) is 4.79 Å². The molecule has 0 radical (unpaired) electrons. The Labute approximate surface area is 207 Å². The Balaban J connectivity index is 1.45. The molecule has 2 aliphatic rings. The second-order valence-electron chi connectivity index (χ2n) is 9.52. The number of hydrogen-bond donors (Lipinski definition) is 1. The van der Waals surface area contributed by atoms with Crippen LogP contribution < -0.4 is 10.2 Å². The van der Waals surface area contributed by atoms with Crippen LogP contribution in [0.2, 0.25) is 0 Å². The number of rotatable bonds is 6. The van der Waals surface area contributed by atoms with Crippen LogP contribution in [0.5, 0.6) is 0 Å². The summed E-state index contributed by atoms with van der Waals surface area (Å²) in [6, 6.07) is 25.5. The predicted octanol–water partition coefficient (Wildman–Crippen LogP) is 5.68. The molecule has 3 aromatic rings. The summed E-state index contributed by atoms with van der Waals surface area (Å²) in [7, 11) is 0. The molecule has 5 nitrogen and oxygen atoms in total. The van der Waals surface area contributed by atoms with Crippen molar-refractivity contribution in [3.05, 3.63) is 95.6 Å². The van der Waals surface area contributed by atoms with Gasteiger partial charge in [0.05, 0.1) is 11.5 Å². The van der Waals surface area contributed by atoms with Gasteiger partial charge in [0.25, 0.3) is 5.91 Å². The number of amides is 2. The van der Waals surface area contributed by atoms with E-state index in [2.05, 4.69) is 10.2 Å². The van der Waals surface area contributed by atoms with Crippen molar-refractivity contribution in [1.82, 2.24) is 4.90 Å². The van der Waals surface area contributed by atoms with Crippen molar-refractivity contribution in [2.45, 2.75) is 38.0 Å². The molecule has 0 unspecified atom stereocenters. The Hall–Kier alpha value is -3.60. The number of likely N-dealkylation sites (tertiary alicyclic amines) is 1. The quantitative estimate of drug-likeness (QED) is 0.507. The third-order valence-electron chi connectivity index (χ3n) is 7.11. The molecule has 2 saturated heterocycles. The van der Waals surface area contributed by atoms with Crippen LogP contribution in [0.1, 0.15) is 59.5 Å². The average molecular weight is 468 g/mol. The van der Waals surface area contributed by atoms with E-state index in [-0.39, 0.29) is 11.8 Å². The molecule has 0 bridgehead atoms. The van der Waals surface area contributed by atoms with E-state index in [1.54, 1.807) is 0 Å². The van der Waals surface area contributed by atoms with Crippen LogP contribution >= 0.6 is 0 Å². The summed E-state index contributed by atoms with van der Waals surface area (Å²) < 4.78 is 0. The maximum atomic E-state index is 13.6. The standard InChI is InChI=1S/C30H33N3O2/c34-29(28(23-12-4-1-5-13-23)24-14-6-2-7-15-24)31-25-16-17-27(32-18-10-11-19-32)26(22-25)30(35)33-20-8-3-9-21-33/h1-2,4-7,12-17,22,28H,3,8-11,18-21H2,(H,31,34). The van der Waals surface area contributed by atoms with Crippen molar-refractivity contribution < 1.29 is 9.59 Å². The molecule has 0 aromatic heterocycles. The van der Waals surface area contributed by atoms with Crippen molar-refractivity contribution in [3.63, 3.8) is 0 Å². The number of hydrogen-bond acceptors (Lipinski definition) is 3. The number of anilines is 2. The predicted molar refractivity (Wildman–Crippen MR) is 141 cm³/mol. The normalized spacial score (nSPS) is 15.9. The lowest BCUT2D eigenvalue weighted by atomic mass is 9.90.